The van der Waals surface area contributed by atoms with Crippen molar-refractivity contribution in [2.75, 3.05) is 5.32 Å². The van der Waals surface area contributed by atoms with E-state index in [1.165, 1.54) is 18.3 Å². The molecular formula is C17H17BrN4O3. The van der Waals surface area contributed by atoms with Gasteiger partial charge in [0.15, 0.2) is 0 Å². The molecule has 0 aromatic heterocycles. The van der Waals surface area contributed by atoms with Crippen LogP contribution in [0.1, 0.15) is 18.9 Å². The number of nitrogens with one attached hydrogen (secondary N) is 2. The van der Waals surface area contributed by atoms with E-state index in [-0.39, 0.29) is 11.6 Å². The van der Waals surface area contributed by atoms with E-state index in [1.807, 2.05) is 31.2 Å². The first-order chi connectivity index (χ1) is 12.0. The third-order valence-corrected chi connectivity index (χ3v) is 3.93. The highest BCUT2D eigenvalue weighted by molar-refractivity contribution is 9.10. The van der Waals surface area contributed by atoms with Crippen molar-refractivity contribution in [3.8, 4) is 0 Å². The molecule has 0 spiro atoms. The van der Waals surface area contributed by atoms with Crippen molar-refractivity contribution in [3.05, 3.63) is 68.7 Å². The van der Waals surface area contributed by atoms with Crippen molar-refractivity contribution >= 4 is 39.4 Å². The highest BCUT2D eigenvalue weighted by atomic mass is 79.9. The molecule has 25 heavy (non-hydrogen) atoms. The third kappa shape index (κ3) is 5.68. The van der Waals surface area contributed by atoms with E-state index in [1.54, 1.807) is 12.1 Å². The Labute approximate surface area is 153 Å². The summed E-state index contributed by atoms with van der Waals surface area (Å²) >= 11 is 3.36. The number of rotatable bonds is 7. The van der Waals surface area contributed by atoms with Crippen molar-refractivity contribution in [2.24, 2.45) is 5.10 Å². The van der Waals surface area contributed by atoms with E-state index in [4.69, 9.17) is 0 Å². The zero-order chi connectivity index (χ0) is 18.2. The van der Waals surface area contributed by atoms with Gasteiger partial charge in [0, 0.05) is 22.3 Å². The van der Waals surface area contributed by atoms with Crippen molar-refractivity contribution < 1.29 is 9.72 Å². The molecule has 0 aliphatic carbocycles. The smallest absolute Gasteiger partial charge is 0.269 e. The first-order valence-electron chi connectivity index (χ1n) is 7.59. The van der Waals surface area contributed by atoms with Crippen LogP contribution in [0.3, 0.4) is 0 Å². The van der Waals surface area contributed by atoms with Gasteiger partial charge < -0.3 is 5.32 Å². The molecule has 2 aromatic rings. The van der Waals surface area contributed by atoms with E-state index < -0.39 is 11.0 Å². The fraction of sp³-hybridized carbons (Fsp3) is 0.176. The molecular weight excluding hydrogens is 388 g/mol. The number of non-ortho nitro benzene ring substituents is 1. The maximum atomic E-state index is 12.2. The molecule has 7 nitrogen and oxygen atoms in total. The van der Waals surface area contributed by atoms with Crippen LogP contribution in [0.15, 0.2) is 58.1 Å². The number of nitrogens with zero attached hydrogens (tertiary/aromatic N) is 2. The minimum Gasteiger partial charge on any atom is -0.374 e. The lowest BCUT2D eigenvalue weighted by Gasteiger charge is -2.16. The Bertz CT molecular complexity index is 760. The Morgan fingerprint density at radius 1 is 1.24 bits per heavy atom. The molecule has 0 radical (unpaired) electrons. The van der Waals surface area contributed by atoms with Crippen LogP contribution in [0.2, 0.25) is 0 Å². The number of anilines is 1. The highest BCUT2D eigenvalue weighted by Crippen LogP contribution is 2.15. The van der Waals surface area contributed by atoms with Gasteiger partial charge in [-0.2, -0.15) is 5.10 Å². The standard InChI is InChI=1S/C17H17BrN4O3/c1-2-16(20-14-7-5-13(18)6-8-14)17(23)21-19-11-12-3-9-15(10-4-12)22(24)25/h3-11,16,20H,2H2,1H3,(H,21,23). The number of hydrazone groups is 1. The lowest BCUT2D eigenvalue weighted by atomic mass is 10.2. The molecule has 0 saturated carbocycles. The number of hydrogen-bond acceptors (Lipinski definition) is 5. The lowest BCUT2D eigenvalue weighted by molar-refractivity contribution is -0.384. The quantitative estimate of drug-likeness (QED) is 0.417. The van der Waals surface area contributed by atoms with Crippen molar-refractivity contribution in [3.63, 3.8) is 0 Å². The van der Waals surface area contributed by atoms with E-state index >= 15 is 0 Å². The topological polar surface area (TPSA) is 96.6 Å². The molecule has 2 aromatic carbocycles. The second-order valence-electron chi connectivity index (χ2n) is 5.19. The molecule has 1 unspecified atom stereocenters. The van der Waals surface area contributed by atoms with Crippen LogP contribution < -0.4 is 10.7 Å². The van der Waals surface area contributed by atoms with Gasteiger partial charge in [-0.25, -0.2) is 5.43 Å². The minimum atomic E-state index is -0.470. The Morgan fingerprint density at radius 3 is 2.44 bits per heavy atom. The Hall–Kier alpha value is -2.74. The first-order valence-corrected chi connectivity index (χ1v) is 8.38. The van der Waals surface area contributed by atoms with Crippen molar-refractivity contribution in [1.82, 2.24) is 5.43 Å². The number of carbonyl (C=O) groups is 1. The van der Waals surface area contributed by atoms with Crippen LogP contribution >= 0.6 is 15.9 Å². The summed E-state index contributed by atoms with van der Waals surface area (Å²) in [5.74, 6) is -0.261. The number of carbonyl (C=O) groups excluding carboxylic acids is 1. The number of halogens is 1. The molecule has 0 aliphatic rings. The summed E-state index contributed by atoms with van der Waals surface area (Å²) in [5.41, 5.74) is 3.97. The van der Waals surface area contributed by atoms with Crippen LogP contribution in [0.4, 0.5) is 11.4 Å². The molecule has 0 saturated heterocycles. The third-order valence-electron chi connectivity index (χ3n) is 3.40. The molecule has 0 bridgehead atoms. The van der Waals surface area contributed by atoms with Gasteiger partial charge in [0.25, 0.3) is 11.6 Å². The molecule has 2 N–H and O–H groups in total. The van der Waals surface area contributed by atoms with Gasteiger partial charge in [0.05, 0.1) is 11.1 Å². The largest absolute Gasteiger partial charge is 0.374 e. The monoisotopic (exact) mass is 404 g/mol. The van der Waals surface area contributed by atoms with E-state index in [0.717, 1.165) is 10.2 Å². The summed E-state index contributed by atoms with van der Waals surface area (Å²) in [5, 5.41) is 17.6. The van der Waals surface area contributed by atoms with E-state index in [0.29, 0.717) is 12.0 Å². The predicted molar refractivity (Wildman–Crippen MR) is 101 cm³/mol. The number of hydrogen-bond donors (Lipinski definition) is 2. The van der Waals surface area contributed by atoms with Gasteiger partial charge in [-0.15, -0.1) is 0 Å². The predicted octanol–water partition coefficient (Wildman–Crippen LogP) is 3.70. The maximum Gasteiger partial charge on any atom is 0.269 e. The highest BCUT2D eigenvalue weighted by Gasteiger charge is 2.15. The van der Waals surface area contributed by atoms with Gasteiger partial charge >= 0.3 is 0 Å². The van der Waals surface area contributed by atoms with Gasteiger partial charge in [-0.1, -0.05) is 22.9 Å². The summed E-state index contributed by atoms with van der Waals surface area (Å²) in [6, 6.07) is 13.0. The van der Waals surface area contributed by atoms with Crippen LogP contribution in [-0.2, 0) is 4.79 Å². The summed E-state index contributed by atoms with van der Waals surface area (Å²) in [4.78, 5) is 22.3. The number of amides is 1. The molecule has 8 heteroatoms. The summed E-state index contributed by atoms with van der Waals surface area (Å²) in [6.45, 7) is 1.90. The SMILES string of the molecule is CCC(Nc1ccc(Br)cc1)C(=O)NN=Cc1ccc([N+](=O)[O-])cc1. The van der Waals surface area contributed by atoms with E-state index in [9.17, 15) is 14.9 Å². The maximum absolute atomic E-state index is 12.2. The van der Waals surface area contributed by atoms with Gasteiger partial charge in [0.2, 0.25) is 0 Å². The molecule has 130 valence electrons. The average Bonchev–Trinajstić information content (AvgIpc) is 2.61. The zero-order valence-corrected chi connectivity index (χ0v) is 15.1. The second-order valence-corrected chi connectivity index (χ2v) is 6.11. The second kappa shape index (κ2) is 8.93. The Balaban J connectivity index is 1.92. The summed E-state index contributed by atoms with van der Waals surface area (Å²) < 4.78 is 0.961. The van der Waals surface area contributed by atoms with Gasteiger partial charge in [0.1, 0.15) is 6.04 Å². The van der Waals surface area contributed by atoms with Crippen molar-refractivity contribution in [2.45, 2.75) is 19.4 Å². The summed E-state index contributed by atoms with van der Waals surface area (Å²) in [7, 11) is 0. The molecule has 1 amide bonds. The first kappa shape index (κ1) is 18.6. The molecule has 0 fully saturated rings. The van der Waals surface area contributed by atoms with E-state index in [2.05, 4.69) is 31.8 Å². The zero-order valence-electron chi connectivity index (χ0n) is 13.5. The number of benzene rings is 2. The van der Waals surface area contributed by atoms with Crippen LogP contribution in [-0.4, -0.2) is 23.1 Å². The lowest BCUT2D eigenvalue weighted by Crippen LogP contribution is -2.36. The molecule has 1 atom stereocenters. The Morgan fingerprint density at radius 2 is 1.88 bits per heavy atom. The van der Waals surface area contributed by atoms with Crippen LogP contribution in [0.25, 0.3) is 0 Å². The molecule has 0 aliphatic heterocycles. The normalized spacial score (nSPS) is 11.9. The van der Waals surface area contributed by atoms with Crippen molar-refractivity contribution in [1.29, 1.82) is 0 Å². The summed E-state index contributed by atoms with van der Waals surface area (Å²) in [6.07, 6.45) is 2.03. The van der Waals surface area contributed by atoms with Gasteiger partial charge in [-0.3, -0.25) is 14.9 Å². The Kier molecular flexibility index (Phi) is 6.64. The fourth-order valence-electron chi connectivity index (χ4n) is 2.03. The van der Waals surface area contributed by atoms with Crippen LogP contribution in [0, 0.1) is 10.1 Å². The molecule has 2 rings (SSSR count). The fourth-order valence-corrected chi connectivity index (χ4v) is 2.30. The van der Waals surface area contributed by atoms with Crippen LogP contribution in [0.5, 0.6) is 0 Å². The minimum absolute atomic E-state index is 0.00549. The molecule has 0 heterocycles. The number of nitro groups is 1. The average molecular weight is 405 g/mol. The van der Waals surface area contributed by atoms with Gasteiger partial charge in [-0.05, 0) is 48.4 Å². The number of nitro benzene ring substituents is 1.